The molecule has 1 aliphatic rings. The molecule has 1 aromatic rings. The van der Waals surface area contributed by atoms with Gasteiger partial charge in [0.05, 0.1) is 4.90 Å². The van der Waals surface area contributed by atoms with Crippen LogP contribution in [0, 0.1) is 12.8 Å². The van der Waals surface area contributed by atoms with Gasteiger partial charge in [0.25, 0.3) is 0 Å². The van der Waals surface area contributed by atoms with Crippen LogP contribution in [0.2, 0.25) is 0 Å². The second kappa shape index (κ2) is 7.24. The molecule has 1 amide bonds. The maximum Gasteiger partial charge on any atom is 0.243 e. The first-order valence-electron chi connectivity index (χ1n) is 7.71. The number of amides is 1. The van der Waals surface area contributed by atoms with Crippen molar-refractivity contribution in [3.63, 3.8) is 0 Å². The van der Waals surface area contributed by atoms with Crippen LogP contribution in [0.25, 0.3) is 0 Å². The zero-order valence-electron chi connectivity index (χ0n) is 13.2. The molecular formula is C16H24N2O3S. The highest BCUT2D eigenvalue weighted by Crippen LogP contribution is 2.26. The Hall–Kier alpha value is -1.40. The van der Waals surface area contributed by atoms with Crippen LogP contribution in [0.4, 0.5) is 0 Å². The standard InChI is InChI=1S/C16H24N2O3S/c1-13-5-8-15(9-6-13)22(20,21)18-11-3-4-14(12-18)7-10-16(19)17-2/h5-6,8-9,14H,3-4,7,10-12H2,1-2H3,(H,17,19). The molecule has 1 saturated heterocycles. The number of carbonyl (C=O) groups excluding carboxylic acids is 1. The van der Waals surface area contributed by atoms with E-state index in [1.165, 1.54) is 0 Å². The number of rotatable bonds is 5. The molecule has 5 nitrogen and oxygen atoms in total. The molecule has 1 fully saturated rings. The van der Waals surface area contributed by atoms with Gasteiger partial charge in [-0.15, -0.1) is 0 Å². The maximum absolute atomic E-state index is 12.7. The van der Waals surface area contributed by atoms with E-state index >= 15 is 0 Å². The summed E-state index contributed by atoms with van der Waals surface area (Å²) in [6.07, 6.45) is 3.03. The second-order valence-corrected chi connectivity index (χ2v) is 7.83. The van der Waals surface area contributed by atoms with Gasteiger partial charge >= 0.3 is 0 Å². The first kappa shape index (κ1) is 17.0. The topological polar surface area (TPSA) is 66.5 Å². The highest BCUT2D eigenvalue weighted by Gasteiger charge is 2.30. The summed E-state index contributed by atoms with van der Waals surface area (Å²) in [5.74, 6) is 0.268. The van der Waals surface area contributed by atoms with Crippen molar-refractivity contribution >= 4 is 15.9 Å². The van der Waals surface area contributed by atoms with Crippen molar-refractivity contribution in [2.24, 2.45) is 5.92 Å². The Morgan fingerprint density at radius 2 is 2.00 bits per heavy atom. The quantitative estimate of drug-likeness (QED) is 0.900. The molecule has 0 radical (unpaired) electrons. The molecule has 0 aromatic heterocycles. The molecule has 1 unspecified atom stereocenters. The Balaban J connectivity index is 2.04. The van der Waals surface area contributed by atoms with Gasteiger partial charge in [-0.25, -0.2) is 8.42 Å². The van der Waals surface area contributed by atoms with Crippen LogP contribution in [-0.2, 0) is 14.8 Å². The Bertz CT molecular complexity index is 611. The highest BCUT2D eigenvalue weighted by atomic mass is 32.2. The number of hydrogen-bond acceptors (Lipinski definition) is 3. The molecule has 1 N–H and O–H groups in total. The predicted molar refractivity (Wildman–Crippen MR) is 86.0 cm³/mol. The smallest absolute Gasteiger partial charge is 0.243 e. The third-order valence-corrected chi connectivity index (χ3v) is 6.08. The Morgan fingerprint density at radius 1 is 1.32 bits per heavy atom. The average molecular weight is 324 g/mol. The lowest BCUT2D eigenvalue weighted by Gasteiger charge is -2.31. The second-order valence-electron chi connectivity index (χ2n) is 5.90. The van der Waals surface area contributed by atoms with E-state index in [0.29, 0.717) is 24.4 Å². The van der Waals surface area contributed by atoms with Gasteiger partial charge in [-0.1, -0.05) is 17.7 Å². The predicted octanol–water partition coefficient (Wildman–Crippen LogP) is 1.92. The Kier molecular flexibility index (Phi) is 5.58. The van der Waals surface area contributed by atoms with Crippen LogP contribution < -0.4 is 5.32 Å². The van der Waals surface area contributed by atoms with Crippen LogP contribution in [0.1, 0.15) is 31.2 Å². The van der Waals surface area contributed by atoms with E-state index < -0.39 is 10.0 Å². The zero-order valence-corrected chi connectivity index (χ0v) is 14.0. The van der Waals surface area contributed by atoms with Crippen LogP contribution in [0.15, 0.2) is 29.2 Å². The van der Waals surface area contributed by atoms with Crippen molar-refractivity contribution in [2.45, 2.75) is 37.5 Å². The van der Waals surface area contributed by atoms with Gasteiger partial charge in [0, 0.05) is 26.6 Å². The zero-order chi connectivity index (χ0) is 16.2. The molecule has 0 spiro atoms. The molecule has 1 aromatic carbocycles. The van der Waals surface area contributed by atoms with Crippen LogP contribution >= 0.6 is 0 Å². The summed E-state index contributed by atoms with van der Waals surface area (Å²) in [7, 11) is -1.80. The van der Waals surface area contributed by atoms with E-state index in [1.54, 1.807) is 23.5 Å². The average Bonchev–Trinajstić information content (AvgIpc) is 2.53. The SMILES string of the molecule is CNC(=O)CCC1CCCN(S(=O)(=O)c2ccc(C)cc2)C1. The van der Waals surface area contributed by atoms with Crippen molar-refractivity contribution < 1.29 is 13.2 Å². The molecule has 0 saturated carbocycles. The minimum atomic E-state index is -3.42. The minimum Gasteiger partial charge on any atom is -0.359 e. The lowest BCUT2D eigenvalue weighted by Crippen LogP contribution is -2.40. The molecule has 0 bridgehead atoms. The molecule has 1 aliphatic heterocycles. The van der Waals surface area contributed by atoms with E-state index in [0.717, 1.165) is 24.8 Å². The van der Waals surface area contributed by atoms with Crippen LogP contribution in [0.5, 0.6) is 0 Å². The number of piperidine rings is 1. The Labute approximate surface area is 132 Å². The summed E-state index contributed by atoms with van der Waals surface area (Å²) in [4.78, 5) is 11.7. The third-order valence-electron chi connectivity index (χ3n) is 4.20. The molecule has 22 heavy (non-hydrogen) atoms. The van der Waals surface area contributed by atoms with Crippen molar-refractivity contribution in [2.75, 3.05) is 20.1 Å². The first-order valence-corrected chi connectivity index (χ1v) is 9.15. The normalized spacial score (nSPS) is 19.8. The number of sulfonamides is 1. The molecule has 1 atom stereocenters. The van der Waals surface area contributed by atoms with Gasteiger partial charge < -0.3 is 5.32 Å². The minimum absolute atomic E-state index is 0.0125. The van der Waals surface area contributed by atoms with Gasteiger partial charge in [0.2, 0.25) is 15.9 Å². The van der Waals surface area contributed by atoms with Gasteiger partial charge in [-0.2, -0.15) is 4.31 Å². The summed E-state index contributed by atoms with van der Waals surface area (Å²) in [6, 6.07) is 6.97. The number of aryl methyl sites for hydroxylation is 1. The van der Waals surface area contributed by atoms with Gasteiger partial charge in [0.15, 0.2) is 0 Å². The molecular weight excluding hydrogens is 300 g/mol. The maximum atomic E-state index is 12.7. The summed E-state index contributed by atoms with van der Waals surface area (Å²) in [5, 5.41) is 2.61. The third kappa shape index (κ3) is 4.08. The summed E-state index contributed by atoms with van der Waals surface area (Å²) in [6.45, 7) is 3.01. The van der Waals surface area contributed by atoms with Crippen LogP contribution in [0.3, 0.4) is 0 Å². The summed E-state index contributed by atoms with van der Waals surface area (Å²) >= 11 is 0. The van der Waals surface area contributed by atoms with E-state index in [2.05, 4.69) is 5.32 Å². The molecule has 6 heteroatoms. The molecule has 2 rings (SSSR count). The molecule has 0 aliphatic carbocycles. The largest absolute Gasteiger partial charge is 0.359 e. The fourth-order valence-corrected chi connectivity index (χ4v) is 4.36. The fourth-order valence-electron chi connectivity index (χ4n) is 2.80. The van der Waals surface area contributed by atoms with E-state index in [9.17, 15) is 13.2 Å². The Morgan fingerprint density at radius 3 is 2.64 bits per heavy atom. The lowest BCUT2D eigenvalue weighted by molar-refractivity contribution is -0.120. The number of nitrogens with one attached hydrogen (secondary N) is 1. The van der Waals surface area contributed by atoms with Crippen molar-refractivity contribution in [3.05, 3.63) is 29.8 Å². The highest BCUT2D eigenvalue weighted by molar-refractivity contribution is 7.89. The monoisotopic (exact) mass is 324 g/mol. The number of nitrogens with zero attached hydrogens (tertiary/aromatic N) is 1. The fraction of sp³-hybridized carbons (Fsp3) is 0.562. The summed E-state index contributed by atoms with van der Waals surface area (Å²) in [5.41, 5.74) is 1.04. The van der Waals surface area contributed by atoms with E-state index in [-0.39, 0.29) is 11.8 Å². The van der Waals surface area contributed by atoms with Crippen molar-refractivity contribution in [1.29, 1.82) is 0 Å². The molecule has 1 heterocycles. The number of carbonyl (C=O) groups is 1. The van der Waals surface area contributed by atoms with Gasteiger partial charge in [-0.3, -0.25) is 4.79 Å². The first-order chi connectivity index (χ1) is 10.4. The number of hydrogen-bond donors (Lipinski definition) is 1. The van der Waals surface area contributed by atoms with Crippen molar-refractivity contribution in [1.82, 2.24) is 9.62 Å². The molecule has 122 valence electrons. The van der Waals surface area contributed by atoms with Crippen molar-refractivity contribution in [3.8, 4) is 0 Å². The van der Waals surface area contributed by atoms with E-state index in [4.69, 9.17) is 0 Å². The lowest BCUT2D eigenvalue weighted by atomic mass is 9.94. The van der Waals surface area contributed by atoms with Crippen LogP contribution in [-0.4, -0.2) is 38.8 Å². The van der Waals surface area contributed by atoms with Gasteiger partial charge in [-0.05, 0) is 44.2 Å². The summed E-state index contributed by atoms with van der Waals surface area (Å²) < 4.78 is 26.9. The van der Waals surface area contributed by atoms with E-state index in [1.807, 2.05) is 19.1 Å². The van der Waals surface area contributed by atoms with Gasteiger partial charge in [0.1, 0.15) is 0 Å². The number of benzene rings is 1.